The van der Waals surface area contributed by atoms with Gasteiger partial charge < -0.3 is 10.2 Å². The zero-order valence-electron chi connectivity index (χ0n) is 9.75. The molecule has 0 aliphatic rings. The highest BCUT2D eigenvalue weighted by Gasteiger charge is 2.10. The van der Waals surface area contributed by atoms with Gasteiger partial charge in [0, 0.05) is 33.3 Å². The van der Waals surface area contributed by atoms with Gasteiger partial charge in [0.05, 0.1) is 4.47 Å². The molecule has 0 fully saturated rings. The van der Waals surface area contributed by atoms with E-state index in [1.165, 1.54) is 0 Å². The molecular weight excluding hydrogens is 270 g/mol. The van der Waals surface area contributed by atoms with E-state index in [2.05, 4.69) is 26.2 Å². The van der Waals surface area contributed by atoms with Gasteiger partial charge in [0.1, 0.15) is 5.82 Å². The molecule has 0 saturated heterocycles. The van der Waals surface area contributed by atoms with Crippen molar-refractivity contribution < 1.29 is 4.79 Å². The van der Waals surface area contributed by atoms with E-state index in [0.29, 0.717) is 13.0 Å². The fourth-order valence-electron chi connectivity index (χ4n) is 1.29. The Kier molecular flexibility index (Phi) is 4.73. The Balaban J connectivity index is 2.69. The molecule has 0 spiro atoms. The molecule has 1 aromatic rings. The smallest absolute Gasteiger partial charge is 0.221 e. The van der Waals surface area contributed by atoms with Crippen LogP contribution in [-0.2, 0) is 4.79 Å². The Morgan fingerprint density at radius 2 is 2.31 bits per heavy atom. The Labute approximate surface area is 104 Å². The average molecular weight is 286 g/mol. The van der Waals surface area contributed by atoms with Crippen molar-refractivity contribution >= 4 is 27.7 Å². The van der Waals surface area contributed by atoms with Crippen molar-refractivity contribution in [3.8, 4) is 0 Å². The van der Waals surface area contributed by atoms with Crippen molar-refractivity contribution in [1.29, 1.82) is 0 Å². The molecule has 1 heterocycles. The third-order valence-electron chi connectivity index (χ3n) is 2.38. The summed E-state index contributed by atoms with van der Waals surface area (Å²) in [7, 11) is 3.57. The summed E-state index contributed by atoms with van der Waals surface area (Å²) in [6.45, 7) is 2.66. The van der Waals surface area contributed by atoms with E-state index in [1.54, 1.807) is 13.2 Å². The summed E-state index contributed by atoms with van der Waals surface area (Å²) >= 11 is 3.50. The van der Waals surface area contributed by atoms with Crippen LogP contribution in [-0.4, -0.2) is 31.5 Å². The van der Waals surface area contributed by atoms with Crippen molar-refractivity contribution in [2.24, 2.45) is 0 Å². The van der Waals surface area contributed by atoms with Crippen LogP contribution in [0.25, 0.3) is 0 Å². The molecule has 0 aliphatic heterocycles. The second-order valence-corrected chi connectivity index (χ2v) is 4.40. The number of nitrogens with one attached hydrogen (secondary N) is 1. The van der Waals surface area contributed by atoms with Gasteiger partial charge in [-0.15, -0.1) is 0 Å². The minimum Gasteiger partial charge on any atom is -0.359 e. The largest absolute Gasteiger partial charge is 0.359 e. The van der Waals surface area contributed by atoms with Crippen LogP contribution in [0.2, 0.25) is 0 Å². The number of hydrogen-bond donors (Lipinski definition) is 1. The first-order valence-electron chi connectivity index (χ1n) is 5.09. The molecular formula is C11H16BrN3O. The summed E-state index contributed by atoms with van der Waals surface area (Å²) in [6, 6.07) is 1.94. The summed E-state index contributed by atoms with van der Waals surface area (Å²) in [4.78, 5) is 17.4. The molecule has 1 N–H and O–H groups in total. The van der Waals surface area contributed by atoms with Crippen LogP contribution in [0, 0.1) is 6.92 Å². The summed E-state index contributed by atoms with van der Waals surface area (Å²) < 4.78 is 0.981. The lowest BCUT2D eigenvalue weighted by atomic mass is 10.3. The van der Waals surface area contributed by atoms with Crippen LogP contribution >= 0.6 is 15.9 Å². The number of anilines is 1. The number of aromatic nitrogens is 1. The average Bonchev–Trinajstić information content (AvgIpc) is 2.29. The van der Waals surface area contributed by atoms with E-state index in [0.717, 1.165) is 15.9 Å². The van der Waals surface area contributed by atoms with Gasteiger partial charge in [-0.25, -0.2) is 4.98 Å². The minimum absolute atomic E-state index is 0.0376. The molecule has 5 heteroatoms. The van der Waals surface area contributed by atoms with Crippen LogP contribution in [0.15, 0.2) is 16.7 Å². The first-order chi connectivity index (χ1) is 7.56. The van der Waals surface area contributed by atoms with E-state index >= 15 is 0 Å². The van der Waals surface area contributed by atoms with E-state index < -0.39 is 0 Å². The maximum Gasteiger partial charge on any atom is 0.221 e. The number of rotatable bonds is 4. The number of halogens is 1. The zero-order chi connectivity index (χ0) is 12.1. The lowest BCUT2D eigenvalue weighted by Gasteiger charge is -2.19. The summed E-state index contributed by atoms with van der Waals surface area (Å²) in [5.74, 6) is 0.902. The first kappa shape index (κ1) is 13.0. The highest BCUT2D eigenvalue weighted by molar-refractivity contribution is 9.10. The molecule has 0 bridgehead atoms. The van der Waals surface area contributed by atoms with Crippen LogP contribution < -0.4 is 10.2 Å². The standard InChI is InChI=1S/C11H16BrN3O/c1-8-4-6-14-11(10(8)12)15(3)7-5-9(16)13-2/h4,6H,5,7H2,1-3H3,(H,13,16). The molecule has 0 saturated carbocycles. The van der Waals surface area contributed by atoms with Crippen molar-refractivity contribution in [2.45, 2.75) is 13.3 Å². The zero-order valence-corrected chi connectivity index (χ0v) is 11.3. The van der Waals surface area contributed by atoms with Crippen molar-refractivity contribution in [2.75, 3.05) is 25.5 Å². The maximum absolute atomic E-state index is 11.1. The van der Waals surface area contributed by atoms with Crippen molar-refractivity contribution in [1.82, 2.24) is 10.3 Å². The highest BCUT2D eigenvalue weighted by Crippen LogP contribution is 2.25. The maximum atomic E-state index is 11.1. The number of carbonyl (C=O) groups is 1. The van der Waals surface area contributed by atoms with Gasteiger partial charge in [0.15, 0.2) is 0 Å². The molecule has 16 heavy (non-hydrogen) atoms. The van der Waals surface area contributed by atoms with E-state index in [4.69, 9.17) is 0 Å². The third-order valence-corrected chi connectivity index (χ3v) is 3.36. The molecule has 0 aliphatic carbocycles. The van der Waals surface area contributed by atoms with E-state index in [-0.39, 0.29) is 5.91 Å². The predicted molar refractivity (Wildman–Crippen MR) is 68.6 cm³/mol. The number of amides is 1. The highest BCUT2D eigenvalue weighted by atomic mass is 79.9. The van der Waals surface area contributed by atoms with Gasteiger partial charge in [-0.1, -0.05) is 0 Å². The molecule has 88 valence electrons. The van der Waals surface area contributed by atoms with Crippen LogP contribution in [0.4, 0.5) is 5.82 Å². The number of nitrogens with zero attached hydrogens (tertiary/aromatic N) is 2. The molecule has 0 radical (unpaired) electrons. The van der Waals surface area contributed by atoms with E-state index in [9.17, 15) is 4.79 Å². The molecule has 0 aromatic carbocycles. The fraction of sp³-hybridized carbons (Fsp3) is 0.455. The SMILES string of the molecule is CNC(=O)CCN(C)c1nccc(C)c1Br. The fourth-order valence-corrected chi connectivity index (χ4v) is 1.83. The van der Waals surface area contributed by atoms with Gasteiger partial charge in [-0.3, -0.25) is 4.79 Å². The molecule has 0 atom stereocenters. The predicted octanol–water partition coefficient (Wildman–Crippen LogP) is 1.72. The number of aryl methyl sites for hydroxylation is 1. The molecule has 4 nitrogen and oxygen atoms in total. The van der Waals surface area contributed by atoms with Crippen molar-refractivity contribution in [3.63, 3.8) is 0 Å². The van der Waals surface area contributed by atoms with Gasteiger partial charge in [-0.2, -0.15) is 0 Å². The van der Waals surface area contributed by atoms with Gasteiger partial charge in [-0.05, 0) is 34.5 Å². The second-order valence-electron chi connectivity index (χ2n) is 3.61. The van der Waals surface area contributed by atoms with Crippen molar-refractivity contribution in [3.05, 3.63) is 22.3 Å². The first-order valence-corrected chi connectivity index (χ1v) is 5.88. The third kappa shape index (κ3) is 3.20. The molecule has 0 unspecified atom stereocenters. The topological polar surface area (TPSA) is 45.2 Å². The normalized spacial score (nSPS) is 10.0. The monoisotopic (exact) mass is 285 g/mol. The summed E-state index contributed by atoms with van der Waals surface area (Å²) in [5.41, 5.74) is 1.14. The number of carbonyl (C=O) groups excluding carboxylic acids is 1. The Morgan fingerprint density at radius 3 is 2.94 bits per heavy atom. The van der Waals surface area contributed by atoms with Gasteiger partial charge >= 0.3 is 0 Å². The number of hydrogen-bond acceptors (Lipinski definition) is 3. The van der Waals surface area contributed by atoms with E-state index in [1.807, 2.05) is 24.9 Å². The molecule has 1 amide bonds. The summed E-state index contributed by atoms with van der Waals surface area (Å²) in [6.07, 6.45) is 2.24. The Bertz CT molecular complexity index is 381. The Morgan fingerprint density at radius 1 is 1.62 bits per heavy atom. The van der Waals surface area contributed by atoms with Gasteiger partial charge in [0.25, 0.3) is 0 Å². The second kappa shape index (κ2) is 5.84. The number of pyridine rings is 1. The summed E-state index contributed by atoms with van der Waals surface area (Å²) in [5, 5.41) is 2.60. The molecule has 1 rings (SSSR count). The lowest BCUT2D eigenvalue weighted by molar-refractivity contribution is -0.120. The lowest BCUT2D eigenvalue weighted by Crippen LogP contribution is -2.27. The quantitative estimate of drug-likeness (QED) is 0.916. The Hall–Kier alpha value is -1.10. The van der Waals surface area contributed by atoms with Crippen LogP contribution in [0.1, 0.15) is 12.0 Å². The molecule has 1 aromatic heterocycles. The van der Waals surface area contributed by atoms with Crippen LogP contribution in [0.3, 0.4) is 0 Å². The van der Waals surface area contributed by atoms with Gasteiger partial charge in [0.2, 0.25) is 5.91 Å². The minimum atomic E-state index is 0.0376. The van der Waals surface area contributed by atoms with Crippen LogP contribution in [0.5, 0.6) is 0 Å².